The topological polar surface area (TPSA) is 46.5 Å². The van der Waals surface area contributed by atoms with E-state index in [0.717, 1.165) is 31.2 Å². The minimum Gasteiger partial charge on any atom is -0.465 e. The Morgan fingerprint density at radius 2 is 1.94 bits per heavy atom. The quantitative estimate of drug-likeness (QED) is 0.819. The van der Waals surface area contributed by atoms with Gasteiger partial charge < -0.3 is 9.84 Å². The van der Waals surface area contributed by atoms with Crippen molar-refractivity contribution in [2.24, 2.45) is 0 Å². The number of aryl methyl sites for hydroxylation is 1. The molecule has 2 rings (SSSR count). The van der Waals surface area contributed by atoms with Crippen molar-refractivity contribution in [2.75, 3.05) is 7.11 Å². The first-order valence-corrected chi connectivity index (χ1v) is 6.48. The number of hydrogen-bond acceptors (Lipinski definition) is 3. The van der Waals surface area contributed by atoms with Gasteiger partial charge in [-0.3, -0.25) is 0 Å². The molecule has 0 unspecified atom stereocenters. The molecule has 0 atom stereocenters. The SMILES string of the molecule is COC(=O)c1ccc([C@H]2CC[C@H](O)CC2)cc1C. The lowest BCUT2D eigenvalue weighted by atomic mass is 9.82. The molecule has 1 N–H and O–H groups in total. The number of benzene rings is 1. The fraction of sp³-hybridized carbons (Fsp3) is 0.533. The van der Waals surface area contributed by atoms with Gasteiger partial charge in [-0.1, -0.05) is 12.1 Å². The molecule has 0 heterocycles. The van der Waals surface area contributed by atoms with Crippen LogP contribution < -0.4 is 0 Å². The highest BCUT2D eigenvalue weighted by molar-refractivity contribution is 5.91. The average Bonchev–Trinajstić information content (AvgIpc) is 2.38. The number of rotatable bonds is 2. The van der Waals surface area contributed by atoms with Crippen LogP contribution in [0.2, 0.25) is 0 Å². The third-order valence-electron chi connectivity index (χ3n) is 3.82. The van der Waals surface area contributed by atoms with Crippen LogP contribution in [0, 0.1) is 6.92 Å². The van der Waals surface area contributed by atoms with Crippen molar-refractivity contribution in [3.05, 3.63) is 34.9 Å². The predicted molar refractivity (Wildman–Crippen MR) is 69.7 cm³/mol. The number of hydrogen-bond donors (Lipinski definition) is 1. The summed E-state index contributed by atoms with van der Waals surface area (Å²) in [5.41, 5.74) is 2.87. The predicted octanol–water partition coefficient (Wildman–Crippen LogP) is 2.80. The second-order valence-corrected chi connectivity index (χ2v) is 5.07. The van der Waals surface area contributed by atoms with E-state index in [0.29, 0.717) is 11.5 Å². The van der Waals surface area contributed by atoms with E-state index in [1.807, 2.05) is 19.1 Å². The highest BCUT2D eigenvalue weighted by atomic mass is 16.5. The van der Waals surface area contributed by atoms with Crippen LogP contribution in [-0.4, -0.2) is 24.3 Å². The van der Waals surface area contributed by atoms with Crippen molar-refractivity contribution in [2.45, 2.75) is 44.6 Å². The summed E-state index contributed by atoms with van der Waals surface area (Å²) in [6.07, 6.45) is 3.68. The summed E-state index contributed by atoms with van der Waals surface area (Å²) < 4.78 is 4.74. The Labute approximate surface area is 108 Å². The minimum atomic E-state index is -0.280. The summed E-state index contributed by atoms with van der Waals surface area (Å²) in [7, 11) is 1.40. The Kier molecular flexibility index (Phi) is 4.02. The van der Waals surface area contributed by atoms with E-state index in [2.05, 4.69) is 6.07 Å². The van der Waals surface area contributed by atoms with E-state index in [1.165, 1.54) is 12.7 Å². The second-order valence-electron chi connectivity index (χ2n) is 5.07. The first-order valence-electron chi connectivity index (χ1n) is 6.48. The van der Waals surface area contributed by atoms with Crippen molar-refractivity contribution >= 4 is 5.97 Å². The van der Waals surface area contributed by atoms with E-state index in [-0.39, 0.29) is 12.1 Å². The number of aliphatic hydroxyl groups is 1. The lowest BCUT2D eigenvalue weighted by molar-refractivity contribution is 0.0600. The fourth-order valence-corrected chi connectivity index (χ4v) is 2.69. The van der Waals surface area contributed by atoms with Gasteiger partial charge in [-0.05, 0) is 55.7 Å². The number of carbonyl (C=O) groups is 1. The van der Waals surface area contributed by atoms with Crippen LogP contribution in [0.3, 0.4) is 0 Å². The smallest absolute Gasteiger partial charge is 0.338 e. The number of aliphatic hydroxyl groups excluding tert-OH is 1. The molecule has 1 saturated carbocycles. The molecule has 1 aromatic carbocycles. The molecular formula is C15H20O3. The van der Waals surface area contributed by atoms with Gasteiger partial charge in [0.05, 0.1) is 18.8 Å². The van der Waals surface area contributed by atoms with Crippen LogP contribution >= 0.6 is 0 Å². The van der Waals surface area contributed by atoms with Crippen LogP contribution in [0.15, 0.2) is 18.2 Å². The molecule has 1 aliphatic rings. The maximum Gasteiger partial charge on any atom is 0.338 e. The van der Waals surface area contributed by atoms with Crippen LogP contribution in [0.4, 0.5) is 0 Å². The fourth-order valence-electron chi connectivity index (χ4n) is 2.69. The summed E-state index contributed by atoms with van der Waals surface area (Å²) >= 11 is 0. The van der Waals surface area contributed by atoms with E-state index in [9.17, 15) is 9.90 Å². The molecule has 0 aliphatic heterocycles. The van der Waals surface area contributed by atoms with Crippen molar-refractivity contribution in [3.8, 4) is 0 Å². The maximum absolute atomic E-state index is 11.5. The third-order valence-corrected chi connectivity index (χ3v) is 3.82. The van der Waals surface area contributed by atoms with Gasteiger partial charge in [-0.15, -0.1) is 0 Å². The molecule has 3 nitrogen and oxygen atoms in total. The lowest BCUT2D eigenvalue weighted by Gasteiger charge is -2.26. The third kappa shape index (κ3) is 2.72. The molecule has 0 amide bonds. The van der Waals surface area contributed by atoms with Crippen LogP contribution in [-0.2, 0) is 4.74 Å². The van der Waals surface area contributed by atoms with Crippen LogP contribution in [0.1, 0.15) is 53.1 Å². The zero-order valence-electron chi connectivity index (χ0n) is 11.0. The maximum atomic E-state index is 11.5. The molecule has 1 aliphatic carbocycles. The molecular weight excluding hydrogens is 228 g/mol. The Balaban J connectivity index is 2.16. The average molecular weight is 248 g/mol. The summed E-state index contributed by atoms with van der Waals surface area (Å²) in [6, 6.07) is 5.94. The Hall–Kier alpha value is -1.35. The highest BCUT2D eigenvalue weighted by Gasteiger charge is 2.21. The normalized spacial score (nSPS) is 23.7. The zero-order valence-corrected chi connectivity index (χ0v) is 11.0. The van der Waals surface area contributed by atoms with E-state index in [1.54, 1.807) is 0 Å². The first kappa shape index (κ1) is 13.1. The number of carbonyl (C=O) groups excluding carboxylic acids is 1. The van der Waals surface area contributed by atoms with E-state index < -0.39 is 0 Å². The number of methoxy groups -OCH3 is 1. The first-order chi connectivity index (χ1) is 8.61. The lowest BCUT2D eigenvalue weighted by Crippen LogP contribution is -2.17. The molecule has 0 aromatic heterocycles. The minimum absolute atomic E-state index is 0.128. The van der Waals surface area contributed by atoms with Gasteiger partial charge in [0, 0.05) is 0 Å². The Morgan fingerprint density at radius 1 is 1.28 bits per heavy atom. The molecule has 0 spiro atoms. The Bertz CT molecular complexity index is 431. The molecule has 0 saturated heterocycles. The van der Waals surface area contributed by atoms with Crippen LogP contribution in [0.5, 0.6) is 0 Å². The second kappa shape index (κ2) is 5.53. The number of esters is 1. The molecule has 3 heteroatoms. The summed E-state index contributed by atoms with van der Waals surface area (Å²) in [6.45, 7) is 1.94. The van der Waals surface area contributed by atoms with E-state index >= 15 is 0 Å². The molecule has 0 radical (unpaired) electrons. The van der Waals surface area contributed by atoms with Gasteiger partial charge in [0.15, 0.2) is 0 Å². The van der Waals surface area contributed by atoms with Crippen LogP contribution in [0.25, 0.3) is 0 Å². The Morgan fingerprint density at radius 3 is 2.50 bits per heavy atom. The summed E-state index contributed by atoms with van der Waals surface area (Å²) in [4.78, 5) is 11.5. The van der Waals surface area contributed by atoms with Gasteiger partial charge in [0.1, 0.15) is 0 Å². The molecule has 0 bridgehead atoms. The summed E-state index contributed by atoms with van der Waals surface area (Å²) in [5, 5.41) is 9.52. The van der Waals surface area contributed by atoms with Gasteiger partial charge in [0.25, 0.3) is 0 Å². The van der Waals surface area contributed by atoms with Crippen molar-refractivity contribution in [1.29, 1.82) is 0 Å². The van der Waals surface area contributed by atoms with Crippen molar-refractivity contribution in [1.82, 2.24) is 0 Å². The molecule has 1 aromatic rings. The van der Waals surface area contributed by atoms with Gasteiger partial charge in [-0.2, -0.15) is 0 Å². The van der Waals surface area contributed by atoms with Gasteiger partial charge >= 0.3 is 5.97 Å². The summed E-state index contributed by atoms with van der Waals surface area (Å²) in [5.74, 6) is 0.233. The monoisotopic (exact) mass is 248 g/mol. The standard InChI is InChI=1S/C15H20O3/c1-10-9-12(5-8-14(10)15(17)18-2)11-3-6-13(16)7-4-11/h5,8-9,11,13,16H,3-4,6-7H2,1-2H3/t11-,13-. The van der Waals surface area contributed by atoms with E-state index in [4.69, 9.17) is 4.74 Å². The molecule has 18 heavy (non-hydrogen) atoms. The molecule has 98 valence electrons. The van der Waals surface area contributed by atoms with Gasteiger partial charge in [0.2, 0.25) is 0 Å². The largest absolute Gasteiger partial charge is 0.465 e. The highest BCUT2D eigenvalue weighted by Crippen LogP contribution is 2.33. The zero-order chi connectivity index (χ0) is 13.1. The van der Waals surface area contributed by atoms with Crippen molar-refractivity contribution < 1.29 is 14.6 Å². The molecule has 1 fully saturated rings. The number of ether oxygens (including phenoxy) is 1. The van der Waals surface area contributed by atoms with Gasteiger partial charge in [-0.25, -0.2) is 4.79 Å². The van der Waals surface area contributed by atoms with Crippen molar-refractivity contribution in [3.63, 3.8) is 0 Å².